The van der Waals surface area contributed by atoms with Gasteiger partial charge in [0.2, 0.25) is 5.91 Å². The van der Waals surface area contributed by atoms with Crippen LogP contribution in [0.4, 0.5) is 0 Å². The molecule has 5 atom stereocenters. The Labute approximate surface area is 165 Å². The molecule has 0 aromatic heterocycles. The van der Waals surface area contributed by atoms with Crippen molar-refractivity contribution in [1.29, 1.82) is 0 Å². The molecule has 1 fully saturated rings. The molecule has 4 heteroatoms. The first kappa shape index (κ1) is 22.2. The Morgan fingerprint density at radius 2 is 2.11 bits per heavy atom. The lowest BCUT2D eigenvalue weighted by Crippen LogP contribution is -2.23. The van der Waals surface area contributed by atoms with Gasteiger partial charge in [-0.2, -0.15) is 0 Å². The van der Waals surface area contributed by atoms with Crippen LogP contribution in [0, 0.1) is 17.8 Å². The van der Waals surface area contributed by atoms with E-state index in [4.69, 9.17) is 0 Å². The Balaban J connectivity index is 1.82. The van der Waals surface area contributed by atoms with Crippen molar-refractivity contribution in [2.24, 2.45) is 17.8 Å². The van der Waals surface area contributed by atoms with Gasteiger partial charge in [0.1, 0.15) is 0 Å². The third-order valence-corrected chi connectivity index (χ3v) is 6.32. The number of fused-ring (bicyclic) bond motifs is 1. The van der Waals surface area contributed by atoms with Crippen LogP contribution in [-0.2, 0) is 4.79 Å². The van der Waals surface area contributed by atoms with Crippen LogP contribution in [0.15, 0.2) is 23.8 Å². The Kier molecular flexibility index (Phi) is 8.11. The van der Waals surface area contributed by atoms with E-state index >= 15 is 0 Å². The molecule has 27 heavy (non-hydrogen) atoms. The van der Waals surface area contributed by atoms with Crippen molar-refractivity contribution in [2.75, 3.05) is 14.1 Å². The fraction of sp³-hybridized carbons (Fsp3) is 0.783. The van der Waals surface area contributed by atoms with E-state index in [9.17, 15) is 15.0 Å². The average molecular weight is 378 g/mol. The molecule has 0 aromatic carbocycles. The number of hydrogen-bond acceptors (Lipinski definition) is 3. The summed E-state index contributed by atoms with van der Waals surface area (Å²) in [6.45, 7) is 4.05. The van der Waals surface area contributed by atoms with E-state index in [1.54, 1.807) is 19.0 Å². The van der Waals surface area contributed by atoms with Crippen molar-refractivity contribution in [1.82, 2.24) is 4.90 Å². The van der Waals surface area contributed by atoms with Gasteiger partial charge in [-0.15, -0.1) is 0 Å². The van der Waals surface area contributed by atoms with Crippen molar-refractivity contribution in [2.45, 2.75) is 83.3 Å². The SMILES string of the molecule is CCCC[C@](C)(O)C/C=C/[C@@H]1[C@H]2CC(CCCC(=O)N(C)C)=C[C@H]2C[C@H]1O. The topological polar surface area (TPSA) is 60.8 Å². The number of nitrogens with zero attached hydrogens (tertiary/aromatic N) is 1. The van der Waals surface area contributed by atoms with E-state index in [1.807, 2.05) is 6.92 Å². The lowest BCUT2D eigenvalue weighted by Gasteiger charge is -2.22. The van der Waals surface area contributed by atoms with E-state index < -0.39 is 5.60 Å². The molecular formula is C23H39NO3. The van der Waals surface area contributed by atoms with E-state index in [1.165, 1.54) is 5.57 Å². The monoisotopic (exact) mass is 377 g/mol. The molecular weight excluding hydrogens is 338 g/mol. The molecule has 0 spiro atoms. The molecule has 2 N–H and O–H groups in total. The molecule has 2 aliphatic rings. The Morgan fingerprint density at radius 3 is 2.78 bits per heavy atom. The van der Waals surface area contributed by atoms with Gasteiger partial charge in [0.25, 0.3) is 0 Å². The second kappa shape index (κ2) is 9.88. The van der Waals surface area contributed by atoms with Crippen molar-refractivity contribution in [3.05, 3.63) is 23.8 Å². The van der Waals surface area contributed by atoms with Gasteiger partial charge in [-0.1, -0.05) is 43.6 Å². The molecule has 2 aliphatic carbocycles. The third-order valence-electron chi connectivity index (χ3n) is 6.32. The van der Waals surface area contributed by atoms with Gasteiger partial charge in [-0.3, -0.25) is 4.79 Å². The van der Waals surface area contributed by atoms with Gasteiger partial charge in [0, 0.05) is 26.4 Å². The largest absolute Gasteiger partial charge is 0.392 e. The zero-order valence-corrected chi connectivity index (χ0v) is 17.7. The number of aliphatic hydroxyl groups excluding tert-OH is 1. The summed E-state index contributed by atoms with van der Waals surface area (Å²) in [5, 5.41) is 20.9. The maximum Gasteiger partial charge on any atom is 0.222 e. The molecule has 1 amide bonds. The summed E-state index contributed by atoms with van der Waals surface area (Å²) in [6, 6.07) is 0. The number of carbonyl (C=O) groups is 1. The Hall–Kier alpha value is -1.13. The van der Waals surface area contributed by atoms with Crippen molar-refractivity contribution >= 4 is 5.91 Å². The molecule has 0 heterocycles. The summed E-state index contributed by atoms with van der Waals surface area (Å²) < 4.78 is 0. The number of aliphatic hydroxyl groups is 2. The molecule has 2 rings (SSSR count). The Bertz CT molecular complexity index is 550. The molecule has 0 bridgehead atoms. The number of unbranched alkanes of at least 4 members (excludes halogenated alkanes) is 1. The highest BCUT2D eigenvalue weighted by Gasteiger charge is 2.43. The molecule has 0 unspecified atom stereocenters. The maximum absolute atomic E-state index is 11.7. The van der Waals surface area contributed by atoms with Gasteiger partial charge in [-0.25, -0.2) is 0 Å². The molecule has 0 aromatic rings. The van der Waals surface area contributed by atoms with Crippen LogP contribution in [0.25, 0.3) is 0 Å². The van der Waals surface area contributed by atoms with E-state index in [2.05, 4.69) is 25.2 Å². The van der Waals surface area contributed by atoms with E-state index in [-0.39, 0.29) is 17.9 Å². The normalized spacial score (nSPS) is 29.6. The first-order valence-corrected chi connectivity index (χ1v) is 10.7. The van der Waals surface area contributed by atoms with Gasteiger partial charge in [-0.05, 0) is 57.3 Å². The first-order chi connectivity index (χ1) is 12.7. The highest BCUT2D eigenvalue weighted by atomic mass is 16.3. The summed E-state index contributed by atoms with van der Waals surface area (Å²) in [5.41, 5.74) is 0.810. The highest BCUT2D eigenvalue weighted by Crippen LogP contribution is 2.48. The van der Waals surface area contributed by atoms with Crippen molar-refractivity contribution < 1.29 is 15.0 Å². The highest BCUT2D eigenvalue weighted by molar-refractivity contribution is 5.75. The number of carbonyl (C=O) groups excluding carboxylic acids is 1. The van der Waals surface area contributed by atoms with Crippen molar-refractivity contribution in [3.8, 4) is 0 Å². The van der Waals surface area contributed by atoms with Crippen LogP contribution >= 0.6 is 0 Å². The summed E-state index contributed by atoms with van der Waals surface area (Å²) in [5.74, 6) is 1.33. The quantitative estimate of drug-likeness (QED) is 0.564. The minimum atomic E-state index is -0.645. The fourth-order valence-corrected chi connectivity index (χ4v) is 4.62. The summed E-state index contributed by atoms with van der Waals surface area (Å²) in [6.07, 6.45) is 14.3. The number of rotatable bonds is 10. The number of amides is 1. The predicted octanol–water partition coefficient (Wildman–Crippen LogP) is 4.08. The van der Waals surface area contributed by atoms with Crippen LogP contribution < -0.4 is 0 Å². The molecule has 154 valence electrons. The zero-order chi connectivity index (χ0) is 20.0. The van der Waals surface area contributed by atoms with E-state index in [0.29, 0.717) is 24.7 Å². The van der Waals surface area contributed by atoms with Gasteiger partial charge in [0.05, 0.1) is 11.7 Å². The van der Waals surface area contributed by atoms with Gasteiger partial charge in [0.15, 0.2) is 0 Å². The summed E-state index contributed by atoms with van der Waals surface area (Å²) >= 11 is 0. The van der Waals surface area contributed by atoms with Gasteiger partial charge >= 0.3 is 0 Å². The standard InChI is InChI=1S/C23H39NO3/c1-5-6-12-23(2,27)13-8-10-19-20-15-17(14-18(20)16-21(19)25)9-7-11-22(26)24(3)4/h8,10,14,18-21,25,27H,5-7,9,11-13,15-16H2,1-4H3/b10-8+/t18-,19+,20-,21+,23-/m0/s1. The van der Waals surface area contributed by atoms with Crippen LogP contribution in [0.3, 0.4) is 0 Å². The van der Waals surface area contributed by atoms with Crippen LogP contribution in [-0.4, -0.2) is 46.8 Å². The fourth-order valence-electron chi connectivity index (χ4n) is 4.62. The summed E-state index contributed by atoms with van der Waals surface area (Å²) in [4.78, 5) is 13.4. The molecule has 0 radical (unpaired) electrons. The third kappa shape index (κ3) is 6.46. The minimum absolute atomic E-state index is 0.189. The van der Waals surface area contributed by atoms with Crippen molar-refractivity contribution in [3.63, 3.8) is 0 Å². The lowest BCUT2D eigenvalue weighted by molar-refractivity contribution is -0.128. The van der Waals surface area contributed by atoms with Crippen LogP contribution in [0.1, 0.15) is 71.6 Å². The average Bonchev–Trinajstić information content (AvgIpc) is 3.10. The second-order valence-electron chi connectivity index (χ2n) is 9.11. The van der Waals surface area contributed by atoms with Crippen LogP contribution in [0.2, 0.25) is 0 Å². The first-order valence-electron chi connectivity index (χ1n) is 10.7. The van der Waals surface area contributed by atoms with Gasteiger partial charge < -0.3 is 15.1 Å². The predicted molar refractivity (Wildman–Crippen MR) is 110 cm³/mol. The lowest BCUT2D eigenvalue weighted by atomic mass is 9.87. The number of allylic oxidation sites excluding steroid dienone is 2. The molecule has 0 saturated heterocycles. The minimum Gasteiger partial charge on any atom is -0.392 e. The van der Waals surface area contributed by atoms with E-state index in [0.717, 1.165) is 44.9 Å². The molecule has 0 aliphatic heterocycles. The maximum atomic E-state index is 11.7. The Morgan fingerprint density at radius 1 is 1.37 bits per heavy atom. The zero-order valence-electron chi connectivity index (χ0n) is 17.7. The molecule has 4 nitrogen and oxygen atoms in total. The summed E-state index contributed by atoms with van der Waals surface area (Å²) in [7, 11) is 3.61. The molecule has 1 saturated carbocycles. The van der Waals surface area contributed by atoms with Crippen LogP contribution in [0.5, 0.6) is 0 Å². The second-order valence-corrected chi connectivity index (χ2v) is 9.11. The smallest absolute Gasteiger partial charge is 0.222 e. The number of hydrogen-bond donors (Lipinski definition) is 2.